The van der Waals surface area contributed by atoms with Gasteiger partial charge in [0, 0.05) is 18.2 Å². The molecule has 1 aliphatic rings. The summed E-state index contributed by atoms with van der Waals surface area (Å²) in [7, 11) is 0. The Kier molecular flexibility index (Phi) is 3.62. The predicted molar refractivity (Wildman–Crippen MR) is 62.2 cm³/mol. The normalized spacial score (nSPS) is 20.2. The molecule has 2 nitrogen and oxygen atoms in total. The van der Waals surface area contributed by atoms with Crippen LogP contribution in [0.4, 0.5) is 0 Å². The van der Waals surface area contributed by atoms with Gasteiger partial charge in [0.2, 0.25) is 0 Å². The quantitative estimate of drug-likeness (QED) is 0.819. The molecule has 1 aromatic carbocycles. The van der Waals surface area contributed by atoms with Crippen LogP contribution in [0.25, 0.3) is 0 Å². The number of rotatable bonds is 3. The number of unbranched alkanes of at least 4 members (excludes halogenated alkanes) is 1. The van der Waals surface area contributed by atoms with Gasteiger partial charge in [0.25, 0.3) is 0 Å². The van der Waals surface area contributed by atoms with Gasteiger partial charge in [-0.2, -0.15) is 0 Å². The van der Waals surface area contributed by atoms with Gasteiger partial charge in [-0.25, -0.2) is 0 Å². The second kappa shape index (κ2) is 5.17. The zero-order valence-electron chi connectivity index (χ0n) is 9.33. The molecule has 1 aliphatic heterocycles. The van der Waals surface area contributed by atoms with E-state index in [1.165, 1.54) is 24.8 Å². The standard InChI is InChI=1S/C13H19NO/c1-2-3-7-12-11-6-4-5-8-13(11)15-10-9-14-12/h4-6,8,12,14H,2-3,7,9-10H2,1H3. The van der Waals surface area contributed by atoms with Crippen molar-refractivity contribution in [1.29, 1.82) is 0 Å². The number of para-hydroxylation sites is 1. The van der Waals surface area contributed by atoms with Crippen molar-refractivity contribution in [3.8, 4) is 5.75 Å². The molecule has 0 radical (unpaired) electrons. The summed E-state index contributed by atoms with van der Waals surface area (Å²) in [6, 6.07) is 8.85. The average molecular weight is 205 g/mol. The molecule has 1 aromatic rings. The molecule has 0 amide bonds. The molecule has 2 heteroatoms. The third-order valence-electron chi connectivity index (χ3n) is 2.89. The Morgan fingerprint density at radius 1 is 1.40 bits per heavy atom. The topological polar surface area (TPSA) is 21.3 Å². The molecule has 1 heterocycles. The molecule has 2 rings (SSSR count). The third-order valence-corrected chi connectivity index (χ3v) is 2.89. The summed E-state index contributed by atoms with van der Waals surface area (Å²) in [4.78, 5) is 0. The van der Waals surface area contributed by atoms with Crippen molar-refractivity contribution in [3.05, 3.63) is 29.8 Å². The van der Waals surface area contributed by atoms with E-state index in [1.54, 1.807) is 0 Å². The van der Waals surface area contributed by atoms with Crippen LogP contribution in [-0.2, 0) is 0 Å². The van der Waals surface area contributed by atoms with Crippen molar-refractivity contribution in [2.24, 2.45) is 0 Å². The highest BCUT2D eigenvalue weighted by Crippen LogP contribution is 2.29. The van der Waals surface area contributed by atoms with Crippen LogP contribution in [0.1, 0.15) is 37.8 Å². The first-order valence-electron chi connectivity index (χ1n) is 5.87. The maximum atomic E-state index is 5.70. The van der Waals surface area contributed by atoms with E-state index in [9.17, 15) is 0 Å². The van der Waals surface area contributed by atoms with Crippen LogP contribution in [0.5, 0.6) is 5.75 Å². The molecule has 1 unspecified atom stereocenters. The molecule has 0 fully saturated rings. The minimum Gasteiger partial charge on any atom is -0.492 e. The number of hydrogen-bond acceptors (Lipinski definition) is 2. The molecular formula is C13H19NO. The summed E-state index contributed by atoms with van der Waals surface area (Å²) in [6.07, 6.45) is 3.73. The average Bonchev–Trinajstić information content (AvgIpc) is 2.49. The molecule has 0 bridgehead atoms. The van der Waals surface area contributed by atoms with Gasteiger partial charge < -0.3 is 10.1 Å². The first-order chi connectivity index (χ1) is 7.42. The lowest BCUT2D eigenvalue weighted by Crippen LogP contribution is -2.22. The van der Waals surface area contributed by atoms with Crippen LogP contribution in [0, 0.1) is 0 Å². The zero-order valence-corrected chi connectivity index (χ0v) is 9.33. The highest BCUT2D eigenvalue weighted by Gasteiger charge is 2.17. The van der Waals surface area contributed by atoms with Crippen molar-refractivity contribution in [2.45, 2.75) is 32.2 Å². The first kappa shape index (κ1) is 10.5. The van der Waals surface area contributed by atoms with E-state index < -0.39 is 0 Å². The Hall–Kier alpha value is -1.02. The predicted octanol–water partition coefficient (Wildman–Crippen LogP) is 2.90. The molecule has 0 saturated heterocycles. The molecule has 1 N–H and O–H groups in total. The van der Waals surface area contributed by atoms with E-state index in [2.05, 4.69) is 30.4 Å². The van der Waals surface area contributed by atoms with Crippen molar-refractivity contribution in [2.75, 3.05) is 13.2 Å². The van der Waals surface area contributed by atoms with E-state index in [-0.39, 0.29) is 0 Å². The van der Waals surface area contributed by atoms with Crippen LogP contribution in [0.3, 0.4) is 0 Å². The molecular weight excluding hydrogens is 186 g/mol. The summed E-state index contributed by atoms with van der Waals surface area (Å²) >= 11 is 0. The summed E-state index contributed by atoms with van der Waals surface area (Å²) in [6.45, 7) is 3.96. The lowest BCUT2D eigenvalue weighted by Gasteiger charge is -2.16. The van der Waals surface area contributed by atoms with Crippen LogP contribution in [0.2, 0.25) is 0 Å². The molecule has 15 heavy (non-hydrogen) atoms. The van der Waals surface area contributed by atoms with Crippen LogP contribution in [0.15, 0.2) is 24.3 Å². The van der Waals surface area contributed by atoms with E-state index in [4.69, 9.17) is 4.74 Å². The number of nitrogens with one attached hydrogen (secondary N) is 1. The number of ether oxygens (including phenoxy) is 1. The third kappa shape index (κ3) is 2.51. The number of fused-ring (bicyclic) bond motifs is 1. The van der Waals surface area contributed by atoms with Gasteiger partial charge in [-0.05, 0) is 12.5 Å². The molecule has 1 atom stereocenters. The van der Waals surface area contributed by atoms with Crippen LogP contribution >= 0.6 is 0 Å². The van der Waals surface area contributed by atoms with Crippen molar-refractivity contribution in [1.82, 2.24) is 5.32 Å². The number of benzene rings is 1. The van der Waals surface area contributed by atoms with E-state index in [1.807, 2.05) is 6.07 Å². The van der Waals surface area contributed by atoms with Gasteiger partial charge in [0.1, 0.15) is 12.4 Å². The Morgan fingerprint density at radius 2 is 2.27 bits per heavy atom. The van der Waals surface area contributed by atoms with Crippen molar-refractivity contribution >= 4 is 0 Å². The molecule has 0 aliphatic carbocycles. The zero-order chi connectivity index (χ0) is 10.5. The second-order valence-electron chi connectivity index (χ2n) is 4.04. The van der Waals surface area contributed by atoms with Gasteiger partial charge in [0.15, 0.2) is 0 Å². The SMILES string of the molecule is CCCCC1NCCOc2ccccc21. The van der Waals surface area contributed by atoms with Crippen molar-refractivity contribution < 1.29 is 4.74 Å². The maximum absolute atomic E-state index is 5.70. The monoisotopic (exact) mass is 205 g/mol. The molecule has 82 valence electrons. The minimum absolute atomic E-state index is 0.476. The Morgan fingerprint density at radius 3 is 3.13 bits per heavy atom. The Bertz CT molecular complexity index is 311. The first-order valence-corrected chi connectivity index (χ1v) is 5.87. The summed E-state index contributed by atoms with van der Waals surface area (Å²) in [5, 5.41) is 3.55. The van der Waals surface area contributed by atoms with Gasteiger partial charge in [0.05, 0.1) is 0 Å². The fourth-order valence-electron chi connectivity index (χ4n) is 2.07. The maximum Gasteiger partial charge on any atom is 0.124 e. The van der Waals surface area contributed by atoms with Gasteiger partial charge in [-0.1, -0.05) is 38.0 Å². The summed E-state index contributed by atoms with van der Waals surface area (Å²) in [5.74, 6) is 1.06. The van der Waals surface area contributed by atoms with E-state index >= 15 is 0 Å². The number of hydrogen-bond donors (Lipinski definition) is 1. The van der Waals surface area contributed by atoms with Crippen molar-refractivity contribution in [3.63, 3.8) is 0 Å². The second-order valence-corrected chi connectivity index (χ2v) is 4.04. The van der Waals surface area contributed by atoms with Crippen LogP contribution < -0.4 is 10.1 Å². The Labute approximate surface area is 91.6 Å². The van der Waals surface area contributed by atoms with E-state index in [0.717, 1.165) is 18.9 Å². The van der Waals surface area contributed by atoms with Crippen LogP contribution in [-0.4, -0.2) is 13.2 Å². The smallest absolute Gasteiger partial charge is 0.124 e. The largest absolute Gasteiger partial charge is 0.492 e. The lowest BCUT2D eigenvalue weighted by atomic mass is 10.0. The molecule has 0 spiro atoms. The molecule has 0 aromatic heterocycles. The highest BCUT2D eigenvalue weighted by atomic mass is 16.5. The fourth-order valence-corrected chi connectivity index (χ4v) is 2.07. The highest BCUT2D eigenvalue weighted by molar-refractivity contribution is 5.36. The Balaban J connectivity index is 2.17. The fraction of sp³-hybridized carbons (Fsp3) is 0.538. The summed E-state index contributed by atoms with van der Waals surface area (Å²) < 4.78 is 5.70. The van der Waals surface area contributed by atoms with E-state index in [0.29, 0.717) is 6.04 Å². The van der Waals surface area contributed by atoms with Gasteiger partial charge >= 0.3 is 0 Å². The minimum atomic E-state index is 0.476. The lowest BCUT2D eigenvalue weighted by molar-refractivity contribution is 0.323. The molecule has 0 saturated carbocycles. The van der Waals surface area contributed by atoms with Gasteiger partial charge in [-0.15, -0.1) is 0 Å². The van der Waals surface area contributed by atoms with Gasteiger partial charge in [-0.3, -0.25) is 0 Å². The summed E-state index contributed by atoms with van der Waals surface area (Å²) in [5.41, 5.74) is 1.32.